The van der Waals surface area contributed by atoms with Gasteiger partial charge >= 0.3 is 5.69 Å². The molecular weight excluding hydrogens is 307 g/mol. The Kier molecular flexibility index (Phi) is 6.79. The molecule has 0 unspecified atom stereocenters. The van der Waals surface area contributed by atoms with Crippen molar-refractivity contribution in [1.82, 2.24) is 9.13 Å². The summed E-state index contributed by atoms with van der Waals surface area (Å²) in [4.78, 5) is 12.5. The van der Waals surface area contributed by atoms with Crippen LogP contribution in [0.5, 0.6) is 0 Å². The van der Waals surface area contributed by atoms with Crippen LogP contribution < -0.4 is 5.69 Å². The van der Waals surface area contributed by atoms with Gasteiger partial charge in [0.15, 0.2) is 0 Å². The largest absolute Gasteiger partial charge is 0.392 e. The minimum atomic E-state index is -0.503. The Morgan fingerprint density at radius 3 is 2.42 bits per heavy atom. The summed E-state index contributed by atoms with van der Waals surface area (Å²) in [5.74, 6) is 0.132. The Morgan fingerprint density at radius 2 is 1.83 bits per heavy atom. The van der Waals surface area contributed by atoms with Gasteiger partial charge in [-0.3, -0.25) is 9.13 Å². The fourth-order valence-electron chi connectivity index (χ4n) is 3.18. The first-order valence-electron chi connectivity index (χ1n) is 8.78. The molecule has 2 aromatic rings. The van der Waals surface area contributed by atoms with Crippen LogP contribution in [0, 0.1) is 11.7 Å². The number of aromatic nitrogens is 2. The number of aliphatic hydroxyl groups excluding tert-OH is 1. The van der Waals surface area contributed by atoms with Gasteiger partial charge in [-0.05, 0) is 30.0 Å². The van der Waals surface area contributed by atoms with Gasteiger partial charge in [0.2, 0.25) is 0 Å². The summed E-state index contributed by atoms with van der Waals surface area (Å²) >= 11 is 0. The molecule has 1 heterocycles. The van der Waals surface area contributed by atoms with Crippen molar-refractivity contribution in [3.05, 3.63) is 52.5 Å². The standard InChI is InChI=1S/C19H27FN2O2/c1-3-5-15(6-4-2)9-10-21-11-12-22(19(21)24)18-8-7-16(14-23)13-17(18)20/h7-8,11-13,15,23H,3-6,9-10,14H2,1-2H3. The number of halogens is 1. The first-order chi connectivity index (χ1) is 11.6. The van der Waals surface area contributed by atoms with E-state index >= 15 is 0 Å². The number of benzene rings is 1. The fourth-order valence-corrected chi connectivity index (χ4v) is 3.18. The summed E-state index contributed by atoms with van der Waals surface area (Å²) in [7, 11) is 0. The number of rotatable bonds is 9. The highest BCUT2D eigenvalue weighted by Gasteiger charge is 2.12. The van der Waals surface area contributed by atoms with E-state index in [9.17, 15) is 9.18 Å². The van der Waals surface area contributed by atoms with E-state index in [0.717, 1.165) is 19.3 Å². The summed E-state index contributed by atoms with van der Waals surface area (Å²) in [5.41, 5.74) is 0.484. The number of aryl methyl sites for hydroxylation is 1. The summed E-state index contributed by atoms with van der Waals surface area (Å²) in [6.45, 7) is 4.81. The number of hydrogen-bond acceptors (Lipinski definition) is 2. The molecule has 0 aliphatic carbocycles. The quantitative estimate of drug-likeness (QED) is 0.756. The maximum absolute atomic E-state index is 14.1. The zero-order valence-corrected chi connectivity index (χ0v) is 14.5. The maximum atomic E-state index is 14.1. The Balaban J connectivity index is 2.15. The molecule has 0 saturated heterocycles. The zero-order valence-electron chi connectivity index (χ0n) is 14.5. The second kappa shape index (κ2) is 8.83. The van der Waals surface area contributed by atoms with Crippen molar-refractivity contribution in [2.75, 3.05) is 0 Å². The van der Waals surface area contributed by atoms with E-state index in [1.807, 2.05) is 0 Å². The average molecular weight is 334 g/mol. The average Bonchev–Trinajstić information content (AvgIpc) is 2.93. The van der Waals surface area contributed by atoms with E-state index < -0.39 is 5.82 Å². The van der Waals surface area contributed by atoms with E-state index in [2.05, 4.69) is 13.8 Å². The summed E-state index contributed by atoms with van der Waals surface area (Å²) in [5, 5.41) is 9.05. The summed E-state index contributed by atoms with van der Waals surface area (Å²) in [6, 6.07) is 4.42. The van der Waals surface area contributed by atoms with Crippen molar-refractivity contribution in [1.29, 1.82) is 0 Å². The normalized spacial score (nSPS) is 11.4. The molecule has 132 valence electrons. The first-order valence-corrected chi connectivity index (χ1v) is 8.78. The van der Waals surface area contributed by atoms with Gasteiger partial charge in [-0.1, -0.05) is 45.6 Å². The Bertz CT molecular complexity index is 700. The number of nitrogens with zero attached hydrogens (tertiary/aromatic N) is 2. The second-order valence-corrected chi connectivity index (χ2v) is 6.32. The molecule has 0 radical (unpaired) electrons. The number of aliphatic hydroxyl groups is 1. The minimum absolute atomic E-state index is 0.217. The second-order valence-electron chi connectivity index (χ2n) is 6.32. The van der Waals surface area contributed by atoms with E-state index in [-0.39, 0.29) is 18.0 Å². The van der Waals surface area contributed by atoms with Gasteiger partial charge in [-0.2, -0.15) is 0 Å². The van der Waals surface area contributed by atoms with Crippen LogP contribution in [0.25, 0.3) is 5.69 Å². The molecule has 4 nitrogen and oxygen atoms in total. The van der Waals surface area contributed by atoms with Crippen LogP contribution in [0.2, 0.25) is 0 Å². The first kappa shape index (κ1) is 18.5. The van der Waals surface area contributed by atoms with E-state index in [4.69, 9.17) is 5.11 Å². The molecule has 0 spiro atoms. The SMILES string of the molecule is CCCC(CCC)CCn1ccn(-c2ccc(CO)cc2F)c1=O. The lowest BCUT2D eigenvalue weighted by molar-refractivity contribution is 0.281. The fraction of sp³-hybridized carbons (Fsp3) is 0.526. The van der Waals surface area contributed by atoms with Crippen LogP contribution in [0.15, 0.2) is 35.4 Å². The van der Waals surface area contributed by atoms with Crippen molar-refractivity contribution in [2.45, 2.75) is 59.1 Å². The van der Waals surface area contributed by atoms with Gasteiger partial charge in [-0.15, -0.1) is 0 Å². The highest BCUT2D eigenvalue weighted by atomic mass is 19.1. The molecule has 24 heavy (non-hydrogen) atoms. The molecule has 1 N–H and O–H groups in total. The molecule has 0 fully saturated rings. The monoisotopic (exact) mass is 334 g/mol. The van der Waals surface area contributed by atoms with Gasteiger partial charge in [-0.25, -0.2) is 9.18 Å². The van der Waals surface area contributed by atoms with E-state index in [1.165, 1.54) is 29.5 Å². The molecule has 5 heteroatoms. The van der Waals surface area contributed by atoms with Gasteiger partial charge in [0.05, 0.1) is 12.3 Å². The van der Waals surface area contributed by atoms with Crippen molar-refractivity contribution < 1.29 is 9.50 Å². The van der Waals surface area contributed by atoms with Gasteiger partial charge in [0, 0.05) is 18.9 Å². The lowest BCUT2D eigenvalue weighted by Crippen LogP contribution is -2.24. The molecular formula is C19H27FN2O2. The topological polar surface area (TPSA) is 47.2 Å². The predicted molar refractivity (Wildman–Crippen MR) is 93.8 cm³/mol. The van der Waals surface area contributed by atoms with Gasteiger partial charge in [0.1, 0.15) is 5.82 Å². The molecule has 0 amide bonds. The summed E-state index contributed by atoms with van der Waals surface area (Å²) in [6.07, 6.45) is 8.97. The van der Waals surface area contributed by atoms with Crippen molar-refractivity contribution in [3.8, 4) is 5.69 Å². The molecule has 0 aliphatic heterocycles. The molecule has 1 aromatic heterocycles. The van der Waals surface area contributed by atoms with E-state index in [0.29, 0.717) is 18.0 Å². The Labute approximate surface area is 142 Å². The van der Waals surface area contributed by atoms with Crippen LogP contribution in [0.3, 0.4) is 0 Å². The highest BCUT2D eigenvalue weighted by molar-refractivity contribution is 5.36. The van der Waals surface area contributed by atoms with Crippen molar-refractivity contribution in [3.63, 3.8) is 0 Å². The third kappa shape index (κ3) is 4.35. The molecule has 0 aliphatic rings. The van der Waals surface area contributed by atoms with Gasteiger partial charge < -0.3 is 5.11 Å². The van der Waals surface area contributed by atoms with Crippen LogP contribution in [-0.4, -0.2) is 14.2 Å². The Hall–Kier alpha value is -1.88. The van der Waals surface area contributed by atoms with Crippen LogP contribution in [-0.2, 0) is 13.2 Å². The van der Waals surface area contributed by atoms with Gasteiger partial charge in [0.25, 0.3) is 0 Å². The molecule has 1 aromatic carbocycles. The number of hydrogen-bond donors (Lipinski definition) is 1. The lowest BCUT2D eigenvalue weighted by atomic mass is 9.95. The molecule has 2 rings (SSSR count). The van der Waals surface area contributed by atoms with Crippen LogP contribution in [0.1, 0.15) is 51.5 Å². The smallest absolute Gasteiger partial charge is 0.332 e. The maximum Gasteiger partial charge on any atom is 0.332 e. The van der Waals surface area contributed by atoms with E-state index in [1.54, 1.807) is 23.0 Å². The lowest BCUT2D eigenvalue weighted by Gasteiger charge is -2.14. The molecule has 0 atom stereocenters. The van der Waals surface area contributed by atoms with Crippen LogP contribution in [0.4, 0.5) is 4.39 Å². The Morgan fingerprint density at radius 1 is 1.12 bits per heavy atom. The third-order valence-corrected chi connectivity index (χ3v) is 4.47. The molecule has 0 bridgehead atoms. The zero-order chi connectivity index (χ0) is 17.5. The third-order valence-electron chi connectivity index (χ3n) is 4.47. The van der Waals surface area contributed by atoms with Crippen molar-refractivity contribution in [2.24, 2.45) is 5.92 Å². The van der Waals surface area contributed by atoms with Crippen LogP contribution >= 0.6 is 0 Å². The molecule has 0 saturated carbocycles. The highest BCUT2D eigenvalue weighted by Crippen LogP contribution is 2.18. The minimum Gasteiger partial charge on any atom is -0.392 e. The predicted octanol–water partition coefficient (Wildman–Crippen LogP) is 3.88. The van der Waals surface area contributed by atoms with Crippen molar-refractivity contribution >= 4 is 0 Å². The number of imidazole rings is 1. The summed E-state index contributed by atoms with van der Waals surface area (Å²) < 4.78 is 17.1.